The molecule has 0 atom stereocenters. The van der Waals surface area contributed by atoms with Crippen LogP contribution >= 0.6 is 11.6 Å². The first-order valence-corrected chi connectivity index (χ1v) is 10.2. The fraction of sp³-hybridized carbons (Fsp3) is 0.125. The number of fused-ring (bicyclic) bond motifs is 1. The number of aryl methyl sites for hydroxylation is 1. The molecule has 32 heavy (non-hydrogen) atoms. The number of carbonyl (C=O) groups excluding carboxylic acids is 1. The van der Waals surface area contributed by atoms with E-state index in [9.17, 15) is 14.4 Å². The number of benzene rings is 3. The molecule has 0 spiro atoms. The Labute approximate surface area is 188 Å². The molecule has 3 aromatic carbocycles. The van der Waals surface area contributed by atoms with E-state index in [1.165, 1.54) is 4.57 Å². The van der Waals surface area contributed by atoms with E-state index in [1.54, 1.807) is 73.8 Å². The van der Waals surface area contributed by atoms with Crippen LogP contribution in [-0.2, 0) is 11.3 Å². The van der Waals surface area contributed by atoms with Gasteiger partial charge in [-0.1, -0.05) is 35.4 Å². The highest BCUT2D eigenvalue weighted by Gasteiger charge is 2.18. The molecule has 0 saturated heterocycles. The van der Waals surface area contributed by atoms with E-state index in [-0.39, 0.29) is 17.3 Å². The van der Waals surface area contributed by atoms with Crippen LogP contribution in [0.1, 0.15) is 5.56 Å². The standard InChI is InChI=1S/C24H20ClN3O4/c1-15-7-12-20-18(13-15)23(30)28(21-6-4-3-5-19(21)25)24(31)27(20)14-22(29)26-16-8-10-17(32-2)11-9-16/h3-13H,14H2,1-2H3,(H,26,29). The summed E-state index contributed by atoms with van der Waals surface area (Å²) in [5.41, 5.74) is 0.908. The molecule has 0 saturated carbocycles. The lowest BCUT2D eigenvalue weighted by atomic mass is 10.1. The topological polar surface area (TPSA) is 82.3 Å². The molecule has 0 aliphatic carbocycles. The molecule has 0 radical (unpaired) electrons. The van der Waals surface area contributed by atoms with E-state index in [2.05, 4.69) is 5.32 Å². The monoisotopic (exact) mass is 449 g/mol. The SMILES string of the molecule is COc1ccc(NC(=O)Cn2c(=O)n(-c3ccccc3Cl)c(=O)c3cc(C)ccc32)cc1. The van der Waals surface area contributed by atoms with E-state index in [1.807, 2.05) is 6.92 Å². The van der Waals surface area contributed by atoms with Crippen LogP contribution in [0.4, 0.5) is 5.69 Å². The molecule has 0 aliphatic heterocycles. The molecule has 1 amide bonds. The summed E-state index contributed by atoms with van der Waals surface area (Å²) in [5.74, 6) is 0.246. The number of ether oxygens (including phenoxy) is 1. The summed E-state index contributed by atoms with van der Waals surface area (Å²) in [5, 5.41) is 3.34. The van der Waals surface area contributed by atoms with Crippen molar-refractivity contribution in [2.24, 2.45) is 0 Å². The number of carbonyl (C=O) groups is 1. The highest BCUT2D eigenvalue weighted by atomic mass is 35.5. The summed E-state index contributed by atoms with van der Waals surface area (Å²) in [4.78, 5) is 39.4. The summed E-state index contributed by atoms with van der Waals surface area (Å²) >= 11 is 6.28. The Balaban J connectivity index is 1.83. The van der Waals surface area contributed by atoms with Gasteiger partial charge in [0.05, 0.1) is 28.7 Å². The Morgan fingerprint density at radius 3 is 2.44 bits per heavy atom. The van der Waals surface area contributed by atoms with E-state index >= 15 is 0 Å². The van der Waals surface area contributed by atoms with Crippen LogP contribution in [-0.4, -0.2) is 22.2 Å². The first kappa shape index (κ1) is 21.4. The van der Waals surface area contributed by atoms with Gasteiger partial charge in [-0.25, -0.2) is 9.36 Å². The van der Waals surface area contributed by atoms with Gasteiger partial charge in [-0.05, 0) is 55.5 Å². The molecule has 1 N–H and O–H groups in total. The van der Waals surface area contributed by atoms with Gasteiger partial charge < -0.3 is 10.1 Å². The second kappa shape index (κ2) is 8.72. The lowest BCUT2D eigenvalue weighted by Gasteiger charge is -2.15. The van der Waals surface area contributed by atoms with E-state index in [0.717, 1.165) is 10.1 Å². The summed E-state index contributed by atoms with van der Waals surface area (Å²) in [6, 6.07) is 18.6. The first-order chi connectivity index (χ1) is 15.4. The highest BCUT2D eigenvalue weighted by molar-refractivity contribution is 6.32. The minimum atomic E-state index is -0.649. The van der Waals surface area contributed by atoms with Gasteiger partial charge in [0.15, 0.2) is 0 Å². The average molecular weight is 450 g/mol. The third-order valence-electron chi connectivity index (χ3n) is 5.07. The Bertz CT molecular complexity index is 1440. The minimum Gasteiger partial charge on any atom is -0.497 e. The molecule has 0 unspecified atom stereocenters. The number of amides is 1. The van der Waals surface area contributed by atoms with Gasteiger partial charge in [-0.3, -0.25) is 14.2 Å². The van der Waals surface area contributed by atoms with Gasteiger partial charge >= 0.3 is 5.69 Å². The van der Waals surface area contributed by atoms with Gasteiger partial charge in [0.1, 0.15) is 12.3 Å². The third-order valence-corrected chi connectivity index (χ3v) is 5.39. The quantitative estimate of drug-likeness (QED) is 0.503. The van der Waals surface area contributed by atoms with Crippen molar-refractivity contribution in [2.45, 2.75) is 13.5 Å². The number of halogens is 1. The largest absolute Gasteiger partial charge is 0.497 e. The van der Waals surface area contributed by atoms with Crippen molar-refractivity contribution >= 4 is 34.1 Å². The molecular weight excluding hydrogens is 430 g/mol. The van der Waals surface area contributed by atoms with Gasteiger partial charge in [0.2, 0.25) is 5.91 Å². The average Bonchev–Trinajstić information content (AvgIpc) is 2.78. The number of hydrogen-bond acceptors (Lipinski definition) is 4. The van der Waals surface area contributed by atoms with Crippen LogP contribution in [0.5, 0.6) is 5.75 Å². The Morgan fingerprint density at radius 1 is 1.03 bits per heavy atom. The van der Waals surface area contributed by atoms with Crippen molar-refractivity contribution in [1.29, 1.82) is 0 Å². The Kier molecular flexibility index (Phi) is 5.83. The molecule has 0 bridgehead atoms. The molecule has 0 fully saturated rings. The van der Waals surface area contributed by atoms with Gasteiger partial charge in [-0.2, -0.15) is 0 Å². The maximum atomic E-state index is 13.4. The fourth-order valence-corrected chi connectivity index (χ4v) is 3.72. The number of nitrogens with zero attached hydrogens (tertiary/aromatic N) is 2. The van der Waals surface area contributed by atoms with Crippen molar-refractivity contribution in [2.75, 3.05) is 12.4 Å². The maximum absolute atomic E-state index is 13.4. The van der Waals surface area contributed by atoms with E-state index < -0.39 is 17.2 Å². The molecule has 4 rings (SSSR count). The summed E-state index contributed by atoms with van der Waals surface area (Å²) in [7, 11) is 1.56. The molecule has 0 aliphatic rings. The van der Waals surface area contributed by atoms with Gasteiger partial charge in [0.25, 0.3) is 5.56 Å². The molecule has 162 valence electrons. The number of para-hydroxylation sites is 1. The van der Waals surface area contributed by atoms with Crippen LogP contribution in [0.3, 0.4) is 0 Å². The molecule has 1 heterocycles. The Morgan fingerprint density at radius 2 is 1.75 bits per heavy atom. The van der Waals surface area contributed by atoms with Crippen molar-refractivity contribution in [3.05, 3.63) is 98.2 Å². The number of hydrogen-bond donors (Lipinski definition) is 1. The number of anilines is 1. The molecular formula is C24H20ClN3O4. The minimum absolute atomic E-state index is 0.257. The van der Waals surface area contributed by atoms with Gasteiger partial charge in [0, 0.05) is 5.69 Å². The zero-order chi connectivity index (χ0) is 22.8. The second-order valence-corrected chi connectivity index (χ2v) is 7.67. The second-order valence-electron chi connectivity index (χ2n) is 7.26. The summed E-state index contributed by atoms with van der Waals surface area (Å²) < 4.78 is 7.40. The normalized spacial score (nSPS) is 10.8. The number of nitrogens with one attached hydrogen (secondary N) is 1. The Hall–Kier alpha value is -3.84. The van der Waals surface area contributed by atoms with Crippen LogP contribution in [0.25, 0.3) is 16.6 Å². The van der Waals surface area contributed by atoms with Crippen molar-refractivity contribution in [1.82, 2.24) is 9.13 Å². The van der Waals surface area contributed by atoms with E-state index in [0.29, 0.717) is 22.3 Å². The predicted octanol–water partition coefficient (Wildman–Crippen LogP) is 3.76. The lowest BCUT2D eigenvalue weighted by molar-refractivity contribution is -0.116. The first-order valence-electron chi connectivity index (χ1n) is 9.84. The third kappa shape index (κ3) is 4.02. The molecule has 4 aromatic rings. The molecule has 1 aromatic heterocycles. The van der Waals surface area contributed by atoms with Crippen LogP contribution in [0.2, 0.25) is 5.02 Å². The lowest BCUT2D eigenvalue weighted by Crippen LogP contribution is -2.41. The van der Waals surface area contributed by atoms with Gasteiger partial charge in [-0.15, -0.1) is 0 Å². The van der Waals surface area contributed by atoms with Crippen molar-refractivity contribution in [3.8, 4) is 11.4 Å². The van der Waals surface area contributed by atoms with Crippen LogP contribution in [0.15, 0.2) is 76.3 Å². The van der Waals surface area contributed by atoms with Crippen LogP contribution < -0.4 is 21.3 Å². The predicted molar refractivity (Wildman–Crippen MR) is 125 cm³/mol. The molecule has 7 nitrogen and oxygen atoms in total. The summed E-state index contributed by atoms with van der Waals surface area (Å²) in [6.07, 6.45) is 0. The van der Waals surface area contributed by atoms with Crippen molar-refractivity contribution in [3.63, 3.8) is 0 Å². The molecule has 8 heteroatoms. The smallest absolute Gasteiger partial charge is 0.336 e. The summed E-state index contributed by atoms with van der Waals surface area (Å²) in [6.45, 7) is 1.57. The number of aromatic nitrogens is 2. The maximum Gasteiger partial charge on any atom is 0.336 e. The zero-order valence-electron chi connectivity index (χ0n) is 17.5. The van der Waals surface area contributed by atoms with E-state index in [4.69, 9.17) is 16.3 Å². The number of methoxy groups -OCH3 is 1. The van der Waals surface area contributed by atoms with Crippen molar-refractivity contribution < 1.29 is 9.53 Å². The van der Waals surface area contributed by atoms with Crippen LogP contribution in [0, 0.1) is 6.92 Å². The fourth-order valence-electron chi connectivity index (χ4n) is 3.50. The zero-order valence-corrected chi connectivity index (χ0v) is 18.2. The number of rotatable bonds is 5. The highest BCUT2D eigenvalue weighted by Crippen LogP contribution is 2.19.